The van der Waals surface area contributed by atoms with Crippen molar-refractivity contribution in [3.63, 3.8) is 0 Å². The molecule has 0 saturated carbocycles. The Morgan fingerprint density at radius 2 is 1.67 bits per heavy atom. The van der Waals surface area contributed by atoms with E-state index in [1.54, 1.807) is 37.3 Å². The summed E-state index contributed by atoms with van der Waals surface area (Å²) in [7, 11) is 3.75. The second-order valence-corrected chi connectivity index (χ2v) is 11.5. The third-order valence-electron chi connectivity index (χ3n) is 8.64. The van der Waals surface area contributed by atoms with Gasteiger partial charge in [0.05, 0.1) is 32.2 Å². The predicted molar refractivity (Wildman–Crippen MR) is 150 cm³/mol. The van der Waals surface area contributed by atoms with E-state index in [4.69, 9.17) is 9.47 Å². The first kappa shape index (κ1) is 29.0. The van der Waals surface area contributed by atoms with Crippen LogP contribution in [0.25, 0.3) is 0 Å². The molecule has 1 aromatic carbocycles. The number of ether oxygens (including phenoxy) is 2. The zero-order valence-electron chi connectivity index (χ0n) is 24.4. The summed E-state index contributed by atoms with van der Waals surface area (Å²) in [5.74, 6) is -4.75. The van der Waals surface area contributed by atoms with Crippen LogP contribution >= 0.6 is 0 Å². The highest BCUT2D eigenvalue weighted by Crippen LogP contribution is 2.56. The minimum absolute atomic E-state index is 0.0868. The van der Waals surface area contributed by atoms with Crippen molar-refractivity contribution in [3.8, 4) is 0 Å². The first-order valence-corrected chi connectivity index (χ1v) is 13.8. The first-order valence-electron chi connectivity index (χ1n) is 13.8. The van der Waals surface area contributed by atoms with Crippen molar-refractivity contribution in [3.05, 3.63) is 79.7 Å². The number of nitrogens with zero attached hydrogens (tertiary/aromatic N) is 3. The maximum Gasteiger partial charge on any atom is 0.347 e. The number of benzene rings is 1. The summed E-state index contributed by atoms with van der Waals surface area (Å²) in [5.41, 5.74) is -1.85. The fourth-order valence-electron chi connectivity index (χ4n) is 7.05. The van der Waals surface area contributed by atoms with E-state index in [0.29, 0.717) is 11.1 Å². The SMILES string of the molecule is COC(=O)C1=C[C@@H](C(=O)OC)C2C3=C(C(=O)[C@@]2(CC(C)C)NC(=O)c2ccccc2)[C@H](C)n2c(=O)n(C)c(=O)n2[C@@H]3C1. The molecule has 0 bridgehead atoms. The first-order chi connectivity index (χ1) is 19.9. The molecule has 0 radical (unpaired) electrons. The molecule has 2 heterocycles. The van der Waals surface area contributed by atoms with Crippen molar-refractivity contribution >= 4 is 23.6 Å². The van der Waals surface area contributed by atoms with Gasteiger partial charge in [-0.05, 0) is 37.0 Å². The van der Waals surface area contributed by atoms with Gasteiger partial charge in [-0.2, -0.15) is 0 Å². The predicted octanol–water partition coefficient (Wildman–Crippen LogP) is 1.47. The molecule has 0 spiro atoms. The standard InChI is InChI=1S/C30H34N4O8/c1-15(2)14-30(31-25(36)17-10-8-7-9-11-17)23-19(27(38)42-6)12-18(26(37)41-5)13-20-22(23)21(24(30)35)16(3)33-28(39)32(4)29(40)34(20)33/h7-12,15-16,19-20,23H,13-14H2,1-6H3,(H,31,36)/t16-,19+,20+,23?,30-/m0/s1. The highest BCUT2D eigenvalue weighted by molar-refractivity contribution is 6.11. The smallest absolute Gasteiger partial charge is 0.347 e. The van der Waals surface area contributed by atoms with Crippen molar-refractivity contribution in [2.24, 2.45) is 24.8 Å². The molecule has 1 N–H and O–H groups in total. The Balaban J connectivity index is 1.85. The molecule has 42 heavy (non-hydrogen) atoms. The average Bonchev–Trinajstić information content (AvgIpc) is 3.24. The van der Waals surface area contributed by atoms with Crippen molar-refractivity contribution in [1.29, 1.82) is 0 Å². The van der Waals surface area contributed by atoms with E-state index in [2.05, 4.69) is 5.32 Å². The van der Waals surface area contributed by atoms with Gasteiger partial charge in [0.2, 0.25) is 0 Å². The highest BCUT2D eigenvalue weighted by atomic mass is 16.5. The zero-order chi connectivity index (χ0) is 30.7. The van der Waals surface area contributed by atoms with Gasteiger partial charge in [-0.1, -0.05) is 38.1 Å². The second kappa shape index (κ2) is 10.4. The molecule has 5 atom stereocenters. The lowest BCUT2D eigenvalue weighted by Gasteiger charge is -2.40. The monoisotopic (exact) mass is 578 g/mol. The topological polar surface area (TPSA) is 148 Å². The summed E-state index contributed by atoms with van der Waals surface area (Å²) >= 11 is 0. The summed E-state index contributed by atoms with van der Waals surface area (Å²) in [6, 6.07) is 6.52. The molecular weight excluding hydrogens is 544 g/mol. The van der Waals surface area contributed by atoms with Crippen LogP contribution in [0, 0.1) is 17.8 Å². The Kier molecular flexibility index (Phi) is 7.20. The van der Waals surface area contributed by atoms with Crippen molar-refractivity contribution < 1.29 is 28.7 Å². The summed E-state index contributed by atoms with van der Waals surface area (Å²) in [4.78, 5) is 81.9. The number of carbonyl (C=O) groups is 4. The number of ketones is 1. The molecule has 222 valence electrons. The van der Waals surface area contributed by atoms with Gasteiger partial charge >= 0.3 is 23.3 Å². The number of esters is 2. The third kappa shape index (κ3) is 4.11. The molecule has 1 amide bonds. The average molecular weight is 579 g/mol. The van der Waals surface area contributed by atoms with Gasteiger partial charge in [-0.25, -0.2) is 28.3 Å². The van der Waals surface area contributed by atoms with E-state index in [-0.39, 0.29) is 29.9 Å². The van der Waals surface area contributed by atoms with Crippen LogP contribution < -0.4 is 16.7 Å². The number of hydrogen-bond donors (Lipinski definition) is 1. The number of nitrogens with one attached hydrogen (secondary N) is 1. The van der Waals surface area contributed by atoms with Crippen LogP contribution in [0.15, 0.2) is 62.7 Å². The number of methoxy groups -OCH3 is 2. The highest BCUT2D eigenvalue weighted by Gasteiger charge is 2.63. The summed E-state index contributed by atoms with van der Waals surface area (Å²) in [6.45, 7) is 5.43. The Morgan fingerprint density at radius 3 is 2.26 bits per heavy atom. The van der Waals surface area contributed by atoms with Crippen LogP contribution in [0.2, 0.25) is 0 Å². The molecule has 1 aromatic heterocycles. The largest absolute Gasteiger partial charge is 0.469 e. The van der Waals surface area contributed by atoms with Gasteiger partial charge < -0.3 is 14.8 Å². The zero-order valence-corrected chi connectivity index (χ0v) is 24.4. The lowest BCUT2D eigenvalue weighted by Crippen LogP contribution is -2.60. The quantitative estimate of drug-likeness (QED) is 0.507. The van der Waals surface area contributed by atoms with Gasteiger partial charge in [0, 0.05) is 36.1 Å². The number of rotatable bonds is 6. The van der Waals surface area contributed by atoms with Crippen LogP contribution in [-0.2, 0) is 30.9 Å². The second-order valence-electron chi connectivity index (χ2n) is 11.5. The van der Waals surface area contributed by atoms with Crippen LogP contribution in [0.3, 0.4) is 0 Å². The van der Waals surface area contributed by atoms with Gasteiger partial charge in [0.15, 0.2) is 5.78 Å². The number of amides is 1. The Bertz CT molecular complexity index is 1670. The normalized spacial score (nSPS) is 26.3. The third-order valence-corrected chi connectivity index (χ3v) is 8.64. The summed E-state index contributed by atoms with van der Waals surface area (Å²) in [5, 5.41) is 3.01. The van der Waals surface area contributed by atoms with Crippen molar-refractivity contribution in [2.45, 2.75) is 51.2 Å². The maximum atomic E-state index is 14.8. The molecule has 2 aliphatic carbocycles. The molecule has 1 unspecified atom stereocenters. The number of hydrogen-bond acceptors (Lipinski definition) is 8. The van der Waals surface area contributed by atoms with Crippen LogP contribution in [0.5, 0.6) is 0 Å². The van der Waals surface area contributed by atoms with Gasteiger partial charge in [-0.3, -0.25) is 14.4 Å². The summed E-state index contributed by atoms with van der Waals surface area (Å²) in [6.07, 6.45) is 1.44. The van der Waals surface area contributed by atoms with E-state index in [0.717, 1.165) is 4.57 Å². The van der Waals surface area contributed by atoms with E-state index in [1.807, 2.05) is 13.8 Å². The number of fused-ring (bicyclic) bond motifs is 2. The Morgan fingerprint density at radius 1 is 1.02 bits per heavy atom. The van der Waals surface area contributed by atoms with Crippen LogP contribution in [0.4, 0.5) is 0 Å². The lowest BCUT2D eigenvalue weighted by atomic mass is 9.69. The number of Topliss-reactive ketones (excluding diaryl/α,β-unsaturated/α-hetero) is 1. The molecule has 5 rings (SSSR count). The molecule has 12 heteroatoms. The molecular formula is C30H34N4O8. The fourth-order valence-corrected chi connectivity index (χ4v) is 7.05. The van der Waals surface area contributed by atoms with E-state index in [1.165, 1.54) is 36.7 Å². The lowest BCUT2D eigenvalue weighted by molar-refractivity contribution is -0.146. The van der Waals surface area contributed by atoms with E-state index < -0.39 is 64.5 Å². The van der Waals surface area contributed by atoms with Gasteiger partial charge in [-0.15, -0.1) is 0 Å². The summed E-state index contributed by atoms with van der Waals surface area (Å²) < 4.78 is 13.6. The molecule has 0 fully saturated rings. The number of aromatic nitrogens is 3. The minimum atomic E-state index is -1.65. The van der Waals surface area contributed by atoms with E-state index >= 15 is 0 Å². The Labute approximate surface area is 241 Å². The fraction of sp³-hybridized carbons (Fsp3) is 0.467. The van der Waals surface area contributed by atoms with Crippen LogP contribution in [-0.4, -0.2) is 57.3 Å². The van der Waals surface area contributed by atoms with Crippen LogP contribution in [0.1, 0.15) is 56.1 Å². The molecule has 0 saturated heterocycles. The van der Waals surface area contributed by atoms with Crippen molar-refractivity contribution in [1.82, 2.24) is 19.2 Å². The number of carbonyl (C=O) groups excluding carboxylic acids is 4. The van der Waals surface area contributed by atoms with E-state index in [9.17, 15) is 28.8 Å². The van der Waals surface area contributed by atoms with Crippen molar-refractivity contribution in [2.75, 3.05) is 14.2 Å². The molecule has 3 aliphatic rings. The van der Waals surface area contributed by atoms with Gasteiger partial charge in [0.25, 0.3) is 5.91 Å². The molecule has 2 aromatic rings. The van der Waals surface area contributed by atoms with Gasteiger partial charge in [0.1, 0.15) is 5.54 Å². The maximum absolute atomic E-state index is 14.8. The minimum Gasteiger partial charge on any atom is -0.469 e. The Hall–Kier alpha value is -4.48. The molecule has 1 aliphatic heterocycles. The molecule has 12 nitrogen and oxygen atoms in total.